The molecule has 1 aromatic heterocycles. The first-order valence-corrected chi connectivity index (χ1v) is 9.26. The Balaban J connectivity index is 1.85. The molecule has 0 saturated carbocycles. The standard InChI is InChI=1S/C22H24N4O4/c1-13-6-5-7-16-14(2)8-20(25-21(13)16)26-24-11-15-9-17(28-3)22(18(10-15)29-4)30-12-19(23)27/h5-11H,12H2,1-4H3,(H2,23,27)(H,25,26)/b24-11-. The van der Waals surface area contributed by atoms with Crippen LogP contribution < -0.4 is 25.4 Å². The Morgan fingerprint density at radius 2 is 1.83 bits per heavy atom. The quantitative estimate of drug-likeness (QED) is 0.438. The SMILES string of the molecule is COc1cc(/C=N\Nc2cc(C)c3cccc(C)c3n2)cc(OC)c1OCC(N)=O. The van der Waals surface area contributed by atoms with Crippen molar-refractivity contribution in [3.8, 4) is 17.2 Å². The zero-order valence-electron chi connectivity index (χ0n) is 17.4. The fraction of sp³-hybridized carbons (Fsp3) is 0.227. The van der Waals surface area contributed by atoms with Crippen LogP contribution in [0.1, 0.15) is 16.7 Å². The number of pyridine rings is 1. The number of nitrogens with one attached hydrogen (secondary N) is 1. The maximum Gasteiger partial charge on any atom is 0.255 e. The predicted molar refractivity (Wildman–Crippen MR) is 117 cm³/mol. The summed E-state index contributed by atoms with van der Waals surface area (Å²) >= 11 is 0. The zero-order chi connectivity index (χ0) is 21.7. The number of nitrogens with two attached hydrogens (primary N) is 1. The average molecular weight is 408 g/mol. The summed E-state index contributed by atoms with van der Waals surface area (Å²) in [6.45, 7) is 3.79. The van der Waals surface area contributed by atoms with Crippen LogP contribution in [0, 0.1) is 13.8 Å². The first kappa shape index (κ1) is 20.9. The molecular formula is C22H24N4O4. The van der Waals surface area contributed by atoms with Crippen LogP contribution in [0.2, 0.25) is 0 Å². The van der Waals surface area contributed by atoms with Crippen LogP contribution >= 0.6 is 0 Å². The number of benzene rings is 2. The molecule has 0 radical (unpaired) electrons. The molecule has 8 nitrogen and oxygen atoms in total. The third-order valence-corrected chi connectivity index (χ3v) is 4.48. The van der Waals surface area contributed by atoms with Crippen LogP contribution in [0.3, 0.4) is 0 Å². The number of nitrogens with zero attached hydrogens (tertiary/aromatic N) is 2. The van der Waals surface area contributed by atoms with E-state index in [0.717, 1.165) is 22.0 Å². The molecule has 1 amide bonds. The number of hydrogen-bond donors (Lipinski definition) is 2. The summed E-state index contributed by atoms with van der Waals surface area (Å²) in [5, 5.41) is 5.40. The molecule has 2 aromatic carbocycles. The second-order valence-corrected chi connectivity index (χ2v) is 6.68. The van der Waals surface area contributed by atoms with E-state index in [-0.39, 0.29) is 6.61 Å². The summed E-state index contributed by atoms with van der Waals surface area (Å²) in [5.74, 6) is 1.14. The Hall–Kier alpha value is -3.81. The summed E-state index contributed by atoms with van der Waals surface area (Å²) in [5.41, 5.74) is 12.0. The Morgan fingerprint density at radius 1 is 1.13 bits per heavy atom. The Kier molecular flexibility index (Phi) is 6.36. The van der Waals surface area contributed by atoms with E-state index in [0.29, 0.717) is 28.6 Å². The second-order valence-electron chi connectivity index (χ2n) is 6.68. The number of rotatable bonds is 8. The largest absolute Gasteiger partial charge is 0.493 e. The van der Waals surface area contributed by atoms with Gasteiger partial charge in [-0.25, -0.2) is 4.98 Å². The van der Waals surface area contributed by atoms with Gasteiger partial charge in [-0.2, -0.15) is 5.10 Å². The maximum absolute atomic E-state index is 11.0. The van der Waals surface area contributed by atoms with Crippen molar-refractivity contribution in [1.82, 2.24) is 4.98 Å². The number of fused-ring (bicyclic) bond motifs is 1. The van der Waals surface area contributed by atoms with Gasteiger partial charge in [0.2, 0.25) is 5.75 Å². The Morgan fingerprint density at radius 3 is 2.47 bits per heavy atom. The Bertz CT molecular complexity index is 1090. The van der Waals surface area contributed by atoms with Crippen LogP contribution in [0.15, 0.2) is 41.5 Å². The third kappa shape index (κ3) is 4.60. The highest BCUT2D eigenvalue weighted by Crippen LogP contribution is 2.38. The summed E-state index contributed by atoms with van der Waals surface area (Å²) in [7, 11) is 2.99. The number of methoxy groups -OCH3 is 2. The van der Waals surface area contributed by atoms with Gasteiger partial charge in [0.15, 0.2) is 18.1 Å². The first-order chi connectivity index (χ1) is 14.4. The van der Waals surface area contributed by atoms with Crippen LogP contribution in [-0.2, 0) is 4.79 Å². The van der Waals surface area contributed by atoms with E-state index >= 15 is 0 Å². The van der Waals surface area contributed by atoms with Gasteiger partial charge in [-0.3, -0.25) is 10.2 Å². The molecule has 0 aliphatic carbocycles. The van der Waals surface area contributed by atoms with Gasteiger partial charge in [-0.1, -0.05) is 18.2 Å². The van der Waals surface area contributed by atoms with Gasteiger partial charge in [0.1, 0.15) is 5.82 Å². The summed E-state index contributed by atoms with van der Waals surface area (Å²) < 4.78 is 16.1. The van der Waals surface area contributed by atoms with Gasteiger partial charge >= 0.3 is 0 Å². The minimum Gasteiger partial charge on any atom is -0.493 e. The highest BCUT2D eigenvalue weighted by molar-refractivity contribution is 5.87. The number of para-hydroxylation sites is 1. The number of amides is 1. The monoisotopic (exact) mass is 408 g/mol. The summed E-state index contributed by atoms with van der Waals surface area (Å²) in [6, 6.07) is 11.5. The van der Waals surface area contributed by atoms with Crippen LogP contribution in [0.25, 0.3) is 10.9 Å². The smallest absolute Gasteiger partial charge is 0.255 e. The molecule has 0 saturated heterocycles. The number of aryl methyl sites for hydroxylation is 2. The van der Waals surface area contributed by atoms with Crippen molar-refractivity contribution >= 4 is 28.8 Å². The number of carbonyl (C=O) groups excluding carboxylic acids is 1. The van der Waals surface area contributed by atoms with E-state index in [4.69, 9.17) is 19.9 Å². The van der Waals surface area contributed by atoms with Crippen LogP contribution in [0.4, 0.5) is 5.82 Å². The highest BCUT2D eigenvalue weighted by Gasteiger charge is 2.14. The molecule has 0 unspecified atom stereocenters. The molecule has 3 N–H and O–H groups in total. The van der Waals surface area contributed by atoms with Crippen LogP contribution in [-0.4, -0.2) is 37.9 Å². The van der Waals surface area contributed by atoms with E-state index in [9.17, 15) is 4.79 Å². The predicted octanol–water partition coefficient (Wildman–Crippen LogP) is 3.18. The highest BCUT2D eigenvalue weighted by atomic mass is 16.5. The molecule has 3 aromatic rings. The maximum atomic E-state index is 11.0. The van der Waals surface area contributed by atoms with Crippen molar-refractivity contribution < 1.29 is 19.0 Å². The van der Waals surface area contributed by atoms with Crippen molar-refractivity contribution in [3.63, 3.8) is 0 Å². The van der Waals surface area contributed by atoms with Crippen molar-refractivity contribution in [3.05, 3.63) is 53.1 Å². The minimum atomic E-state index is -0.595. The minimum absolute atomic E-state index is 0.284. The van der Waals surface area contributed by atoms with Gasteiger partial charge in [-0.05, 0) is 43.2 Å². The number of carbonyl (C=O) groups is 1. The number of primary amides is 1. The van der Waals surface area contributed by atoms with Gasteiger partial charge < -0.3 is 19.9 Å². The number of hydrazone groups is 1. The molecule has 0 spiro atoms. The number of anilines is 1. The molecule has 30 heavy (non-hydrogen) atoms. The summed E-state index contributed by atoms with van der Waals surface area (Å²) in [4.78, 5) is 15.7. The van der Waals surface area contributed by atoms with Crippen molar-refractivity contribution in [2.75, 3.05) is 26.3 Å². The van der Waals surface area contributed by atoms with Gasteiger partial charge in [0, 0.05) is 10.9 Å². The molecule has 0 fully saturated rings. The first-order valence-electron chi connectivity index (χ1n) is 9.26. The lowest BCUT2D eigenvalue weighted by Gasteiger charge is -2.14. The fourth-order valence-corrected chi connectivity index (χ4v) is 3.05. The van der Waals surface area contributed by atoms with E-state index < -0.39 is 5.91 Å². The zero-order valence-corrected chi connectivity index (χ0v) is 17.4. The fourth-order valence-electron chi connectivity index (χ4n) is 3.05. The van der Waals surface area contributed by atoms with E-state index in [1.54, 1.807) is 18.3 Å². The van der Waals surface area contributed by atoms with Crippen molar-refractivity contribution in [2.24, 2.45) is 10.8 Å². The van der Waals surface area contributed by atoms with E-state index in [1.165, 1.54) is 14.2 Å². The molecule has 0 aliphatic rings. The normalized spacial score (nSPS) is 10.9. The molecule has 156 valence electrons. The average Bonchev–Trinajstić information content (AvgIpc) is 2.72. The topological polar surface area (TPSA) is 108 Å². The lowest BCUT2D eigenvalue weighted by Crippen LogP contribution is -2.20. The van der Waals surface area contributed by atoms with Gasteiger partial charge in [0.05, 0.1) is 26.0 Å². The molecule has 3 rings (SSSR count). The second kappa shape index (κ2) is 9.13. The molecule has 8 heteroatoms. The van der Waals surface area contributed by atoms with Crippen molar-refractivity contribution in [2.45, 2.75) is 13.8 Å². The van der Waals surface area contributed by atoms with Crippen molar-refractivity contribution in [1.29, 1.82) is 0 Å². The molecular weight excluding hydrogens is 384 g/mol. The van der Waals surface area contributed by atoms with Crippen LogP contribution in [0.5, 0.6) is 17.2 Å². The molecule has 1 heterocycles. The summed E-state index contributed by atoms with van der Waals surface area (Å²) in [6.07, 6.45) is 1.61. The molecule has 0 atom stereocenters. The lowest BCUT2D eigenvalue weighted by molar-refractivity contribution is -0.120. The lowest BCUT2D eigenvalue weighted by atomic mass is 10.1. The third-order valence-electron chi connectivity index (χ3n) is 4.48. The number of hydrogen-bond acceptors (Lipinski definition) is 7. The van der Waals surface area contributed by atoms with Gasteiger partial charge in [-0.15, -0.1) is 0 Å². The molecule has 0 aliphatic heterocycles. The Labute approximate surface area is 174 Å². The number of ether oxygens (including phenoxy) is 3. The molecule has 0 bridgehead atoms. The van der Waals surface area contributed by atoms with E-state index in [1.807, 2.05) is 32.0 Å². The number of aromatic nitrogens is 1. The van der Waals surface area contributed by atoms with E-state index in [2.05, 4.69) is 21.6 Å². The van der Waals surface area contributed by atoms with Gasteiger partial charge in [0.25, 0.3) is 5.91 Å².